The summed E-state index contributed by atoms with van der Waals surface area (Å²) in [5.41, 5.74) is 0.917. The lowest BCUT2D eigenvalue weighted by Gasteiger charge is -2.19. The lowest BCUT2D eigenvalue weighted by molar-refractivity contribution is -0.140. The van der Waals surface area contributed by atoms with E-state index in [4.69, 9.17) is 0 Å². The van der Waals surface area contributed by atoms with E-state index in [1.165, 1.54) is 4.90 Å². The molecule has 2 heterocycles. The van der Waals surface area contributed by atoms with Crippen molar-refractivity contribution in [1.29, 1.82) is 0 Å². The number of hydrogen-bond acceptors (Lipinski definition) is 5. The van der Waals surface area contributed by atoms with Gasteiger partial charge in [-0.1, -0.05) is 0 Å². The number of likely N-dealkylation sites (tertiary alicyclic amines) is 1. The number of imide groups is 1. The molecule has 1 aliphatic rings. The lowest BCUT2D eigenvalue weighted by Crippen LogP contribution is -2.41. The van der Waals surface area contributed by atoms with Crippen LogP contribution in [0.5, 0.6) is 0 Å². The van der Waals surface area contributed by atoms with Crippen molar-refractivity contribution in [3.05, 3.63) is 16.1 Å². The Balaban J connectivity index is 1.95. The third-order valence-electron chi connectivity index (χ3n) is 2.90. The fraction of sp³-hybridized carbons (Fsp3) is 0.583. The average molecular weight is 267 g/mol. The second-order valence-electron chi connectivity index (χ2n) is 4.69. The van der Waals surface area contributed by atoms with E-state index in [9.17, 15) is 9.59 Å². The smallest absolute Gasteiger partial charge is 0.247 e. The normalized spacial score (nSPS) is 20.2. The summed E-state index contributed by atoms with van der Waals surface area (Å²) in [5.74, 6) is -0.219. The van der Waals surface area contributed by atoms with E-state index in [1.807, 2.05) is 26.2 Å². The summed E-state index contributed by atoms with van der Waals surface area (Å²) in [6, 6.07) is -0.472. The molecule has 2 amide bonds. The Hall–Kier alpha value is -1.27. The van der Waals surface area contributed by atoms with E-state index in [2.05, 4.69) is 10.3 Å². The molecule has 1 aliphatic heterocycles. The molecular weight excluding hydrogens is 250 g/mol. The van der Waals surface area contributed by atoms with E-state index < -0.39 is 6.04 Å². The summed E-state index contributed by atoms with van der Waals surface area (Å²) in [6.45, 7) is 6.17. The highest BCUT2D eigenvalue weighted by Crippen LogP contribution is 2.17. The Morgan fingerprint density at radius 1 is 1.56 bits per heavy atom. The van der Waals surface area contributed by atoms with Crippen LogP contribution in [-0.4, -0.2) is 33.8 Å². The van der Waals surface area contributed by atoms with Gasteiger partial charge in [-0.25, -0.2) is 4.98 Å². The minimum Gasteiger partial charge on any atom is -0.300 e. The van der Waals surface area contributed by atoms with Gasteiger partial charge in [0.15, 0.2) is 0 Å². The van der Waals surface area contributed by atoms with Crippen LogP contribution in [0.1, 0.15) is 31.0 Å². The number of carbonyl (C=O) groups is 2. The molecule has 1 saturated heterocycles. The van der Waals surface area contributed by atoms with Crippen LogP contribution in [0.3, 0.4) is 0 Å². The van der Waals surface area contributed by atoms with Gasteiger partial charge in [-0.15, -0.1) is 11.3 Å². The molecule has 0 saturated carbocycles. The van der Waals surface area contributed by atoms with Gasteiger partial charge < -0.3 is 0 Å². The summed E-state index contributed by atoms with van der Waals surface area (Å²) < 4.78 is 0. The van der Waals surface area contributed by atoms with Crippen molar-refractivity contribution in [1.82, 2.24) is 15.2 Å². The number of aryl methyl sites for hydroxylation is 1. The van der Waals surface area contributed by atoms with Gasteiger partial charge >= 0.3 is 0 Å². The van der Waals surface area contributed by atoms with Crippen LogP contribution in [0.15, 0.2) is 5.38 Å². The van der Waals surface area contributed by atoms with Gasteiger partial charge in [0.1, 0.15) is 0 Å². The first-order valence-corrected chi connectivity index (χ1v) is 6.87. The van der Waals surface area contributed by atoms with E-state index in [0.29, 0.717) is 6.54 Å². The SMILES string of the molecule is Cc1nc(CNC2CC(=O)N(C(C)C)C2=O)cs1. The third kappa shape index (κ3) is 2.59. The van der Waals surface area contributed by atoms with Crippen molar-refractivity contribution in [3.63, 3.8) is 0 Å². The van der Waals surface area contributed by atoms with Gasteiger partial charge in [0.05, 0.1) is 23.2 Å². The molecule has 1 atom stereocenters. The van der Waals surface area contributed by atoms with Crippen LogP contribution < -0.4 is 5.32 Å². The standard InChI is InChI=1S/C12H17N3O2S/c1-7(2)15-11(16)4-10(12(15)17)13-5-9-6-18-8(3)14-9/h6-7,10,13H,4-5H2,1-3H3. The zero-order valence-electron chi connectivity index (χ0n) is 10.8. The Kier molecular flexibility index (Phi) is 3.77. The van der Waals surface area contributed by atoms with Gasteiger partial charge in [-0.3, -0.25) is 19.8 Å². The zero-order valence-corrected chi connectivity index (χ0v) is 11.6. The van der Waals surface area contributed by atoms with Crippen LogP contribution in [0.2, 0.25) is 0 Å². The average Bonchev–Trinajstić information content (AvgIpc) is 2.80. The number of aromatic nitrogens is 1. The number of amides is 2. The second kappa shape index (κ2) is 5.16. The highest BCUT2D eigenvalue weighted by atomic mass is 32.1. The third-order valence-corrected chi connectivity index (χ3v) is 3.72. The van der Waals surface area contributed by atoms with Crippen molar-refractivity contribution in [3.8, 4) is 0 Å². The Bertz CT molecular complexity index is 470. The summed E-state index contributed by atoms with van der Waals surface area (Å²) in [6.07, 6.45) is 0.250. The molecule has 1 fully saturated rings. The molecule has 18 heavy (non-hydrogen) atoms. The zero-order chi connectivity index (χ0) is 13.3. The molecule has 0 radical (unpaired) electrons. The molecule has 1 N–H and O–H groups in total. The first-order chi connectivity index (χ1) is 8.49. The molecular formula is C12H17N3O2S. The quantitative estimate of drug-likeness (QED) is 0.829. The van der Waals surface area contributed by atoms with Crippen LogP contribution in [0.25, 0.3) is 0 Å². The molecule has 1 unspecified atom stereocenters. The van der Waals surface area contributed by atoms with E-state index in [-0.39, 0.29) is 24.3 Å². The molecule has 0 spiro atoms. The Morgan fingerprint density at radius 3 is 2.78 bits per heavy atom. The Morgan fingerprint density at radius 2 is 2.28 bits per heavy atom. The van der Waals surface area contributed by atoms with Crippen molar-refractivity contribution >= 4 is 23.2 Å². The monoisotopic (exact) mass is 267 g/mol. The van der Waals surface area contributed by atoms with Crippen molar-refractivity contribution in [2.24, 2.45) is 0 Å². The topological polar surface area (TPSA) is 62.3 Å². The maximum Gasteiger partial charge on any atom is 0.247 e. The van der Waals surface area contributed by atoms with E-state index >= 15 is 0 Å². The highest BCUT2D eigenvalue weighted by Gasteiger charge is 2.39. The number of rotatable bonds is 4. The molecule has 6 heteroatoms. The van der Waals surface area contributed by atoms with Crippen LogP contribution >= 0.6 is 11.3 Å². The largest absolute Gasteiger partial charge is 0.300 e. The number of thiazole rings is 1. The van der Waals surface area contributed by atoms with Crippen molar-refractivity contribution in [2.75, 3.05) is 0 Å². The molecule has 5 nitrogen and oxygen atoms in total. The van der Waals surface area contributed by atoms with Gasteiger partial charge in [0.2, 0.25) is 11.8 Å². The van der Waals surface area contributed by atoms with Gasteiger partial charge in [0, 0.05) is 18.0 Å². The first-order valence-electron chi connectivity index (χ1n) is 5.99. The van der Waals surface area contributed by atoms with E-state index in [0.717, 1.165) is 10.7 Å². The van der Waals surface area contributed by atoms with Gasteiger partial charge in [-0.05, 0) is 20.8 Å². The minimum atomic E-state index is -0.401. The number of hydrogen-bond donors (Lipinski definition) is 1. The fourth-order valence-corrected chi connectivity index (χ4v) is 2.68. The van der Waals surface area contributed by atoms with E-state index in [1.54, 1.807) is 11.3 Å². The first kappa shape index (κ1) is 13.2. The fourth-order valence-electron chi connectivity index (χ4n) is 2.07. The predicted octanol–water partition coefficient (Wildman–Crippen LogP) is 1.08. The summed E-state index contributed by atoms with van der Waals surface area (Å²) in [5, 5.41) is 6.07. The second-order valence-corrected chi connectivity index (χ2v) is 5.75. The van der Waals surface area contributed by atoms with Crippen molar-refractivity contribution in [2.45, 2.75) is 45.8 Å². The molecule has 2 rings (SSSR count). The summed E-state index contributed by atoms with van der Waals surface area (Å²) >= 11 is 1.58. The van der Waals surface area contributed by atoms with Gasteiger partial charge in [-0.2, -0.15) is 0 Å². The highest BCUT2D eigenvalue weighted by molar-refractivity contribution is 7.09. The van der Waals surface area contributed by atoms with Crippen LogP contribution in [0, 0.1) is 6.92 Å². The number of nitrogens with zero attached hydrogens (tertiary/aromatic N) is 2. The van der Waals surface area contributed by atoms with Crippen LogP contribution in [-0.2, 0) is 16.1 Å². The molecule has 1 aromatic heterocycles. The molecule has 0 aromatic carbocycles. The predicted molar refractivity (Wildman–Crippen MR) is 69.1 cm³/mol. The molecule has 98 valence electrons. The van der Waals surface area contributed by atoms with Gasteiger partial charge in [0.25, 0.3) is 0 Å². The van der Waals surface area contributed by atoms with Crippen molar-refractivity contribution < 1.29 is 9.59 Å². The lowest BCUT2D eigenvalue weighted by atomic mass is 10.2. The molecule has 1 aromatic rings. The molecule has 0 aliphatic carbocycles. The maximum absolute atomic E-state index is 12.0. The Labute approximate surface area is 110 Å². The number of nitrogens with one attached hydrogen (secondary N) is 1. The van der Waals surface area contributed by atoms with Crippen LogP contribution in [0.4, 0.5) is 0 Å². The molecule has 0 bridgehead atoms. The minimum absolute atomic E-state index is 0.0710. The number of carbonyl (C=O) groups excluding carboxylic acids is 2. The maximum atomic E-state index is 12.0. The summed E-state index contributed by atoms with van der Waals surface area (Å²) in [7, 11) is 0. The summed E-state index contributed by atoms with van der Waals surface area (Å²) in [4.78, 5) is 29.4.